The van der Waals surface area contributed by atoms with Crippen LogP contribution >= 0.6 is 11.8 Å². The highest BCUT2D eigenvalue weighted by molar-refractivity contribution is 7.99. The van der Waals surface area contributed by atoms with E-state index >= 15 is 0 Å². The van der Waals surface area contributed by atoms with Crippen molar-refractivity contribution in [2.45, 2.75) is 46.1 Å². The summed E-state index contributed by atoms with van der Waals surface area (Å²) in [6.45, 7) is 4.35. The Labute approximate surface area is 227 Å². The average molecular weight is 547 g/mol. The van der Waals surface area contributed by atoms with Gasteiger partial charge in [0, 0.05) is 29.8 Å². The van der Waals surface area contributed by atoms with E-state index in [1.807, 2.05) is 30.3 Å². The number of rotatable bonds is 14. The molecule has 208 valence electrons. The number of nitrogens with two attached hydrogens (primary N) is 1. The van der Waals surface area contributed by atoms with Gasteiger partial charge in [0.1, 0.15) is 12.6 Å². The molecule has 0 aliphatic rings. The van der Waals surface area contributed by atoms with Gasteiger partial charge in [0.05, 0.1) is 25.4 Å². The van der Waals surface area contributed by atoms with E-state index in [2.05, 4.69) is 20.8 Å². The molecule has 1 atom stereocenters. The summed E-state index contributed by atoms with van der Waals surface area (Å²) in [6.07, 6.45) is 1.23. The van der Waals surface area contributed by atoms with Crippen LogP contribution in [0.1, 0.15) is 44.3 Å². The number of pyridine rings is 1. The van der Waals surface area contributed by atoms with Gasteiger partial charge in [-0.3, -0.25) is 9.20 Å². The molecule has 2 amide bonds. The van der Waals surface area contributed by atoms with Gasteiger partial charge in [-0.05, 0) is 25.5 Å². The molecular formula is C26H38N6O5S. The molecule has 0 fully saturated rings. The number of nitrogens with one attached hydrogen (secondary N) is 2. The van der Waals surface area contributed by atoms with Crippen LogP contribution in [-0.4, -0.2) is 68.5 Å². The lowest BCUT2D eigenvalue weighted by Crippen LogP contribution is -2.50. The number of carbonyl (C=O) groups excluding carboxylic acids is 2. The van der Waals surface area contributed by atoms with Crippen LogP contribution in [0, 0.1) is 0 Å². The highest BCUT2D eigenvalue weighted by atomic mass is 32.2. The number of fused-ring (bicyclic) bond motifs is 1. The second kappa shape index (κ2) is 15.3. The van der Waals surface area contributed by atoms with Crippen LogP contribution in [0.2, 0.25) is 0 Å². The van der Waals surface area contributed by atoms with E-state index in [4.69, 9.17) is 20.3 Å². The second-order valence-corrected chi connectivity index (χ2v) is 10.1. The second-order valence-electron chi connectivity index (χ2n) is 8.91. The van der Waals surface area contributed by atoms with Crippen LogP contribution in [0.5, 0.6) is 0 Å². The maximum absolute atomic E-state index is 12.7. The number of aliphatic hydroxyl groups excluding tert-OH is 1. The first kappa shape index (κ1) is 31.0. The lowest BCUT2D eigenvalue weighted by molar-refractivity contribution is -0.126. The Kier molecular flexibility index (Phi) is 12.5. The maximum Gasteiger partial charge on any atom is 0.407 e. The largest absolute Gasteiger partial charge is 0.445 e. The number of amides is 2. The van der Waals surface area contributed by atoms with Crippen molar-refractivity contribution in [3.05, 3.63) is 65.6 Å². The number of alkyl carbamates (subject to hydrolysis) is 1. The number of aromatic nitrogens is 3. The third kappa shape index (κ3) is 9.60. The number of carbonyl (C=O) groups is 2. The third-order valence-electron chi connectivity index (χ3n) is 5.21. The van der Waals surface area contributed by atoms with Gasteiger partial charge in [-0.15, -0.1) is 10.2 Å². The van der Waals surface area contributed by atoms with Gasteiger partial charge in [-0.1, -0.05) is 43.8 Å². The monoisotopic (exact) mass is 546 g/mol. The summed E-state index contributed by atoms with van der Waals surface area (Å²) in [4.78, 5) is 24.7. The minimum Gasteiger partial charge on any atom is -0.445 e. The standard InChI is InChI=1S/C25H34N6O5S.CH4/c1-25(2,26)23(33)28-20(17-35-15-18-6-4-3-5-7-18)22-30-29-21-9-8-19(14-31(21)22)16-36-24(34)27-10-12-37-13-11-32;/h3-9,14,20,32H,10-13,15-17,26H2,1-2H3,(H,27,34)(H,28,33);1H4/t20-;/m1./s1. The predicted molar refractivity (Wildman–Crippen MR) is 148 cm³/mol. The molecule has 3 rings (SSSR count). The molecule has 3 aromatic rings. The van der Waals surface area contributed by atoms with E-state index in [-0.39, 0.29) is 33.2 Å². The first-order valence-electron chi connectivity index (χ1n) is 11.9. The average Bonchev–Trinajstić information content (AvgIpc) is 3.30. The van der Waals surface area contributed by atoms with Crippen LogP contribution in [0.4, 0.5) is 4.79 Å². The van der Waals surface area contributed by atoms with Crippen molar-refractivity contribution in [2.75, 3.05) is 31.3 Å². The number of hydrogen-bond donors (Lipinski definition) is 4. The summed E-state index contributed by atoms with van der Waals surface area (Å²) in [5.41, 5.74) is 7.19. The molecule has 0 aliphatic carbocycles. The smallest absolute Gasteiger partial charge is 0.407 e. The van der Waals surface area contributed by atoms with E-state index in [1.165, 1.54) is 0 Å². The van der Waals surface area contributed by atoms with Crippen LogP contribution in [-0.2, 0) is 27.5 Å². The fourth-order valence-electron chi connectivity index (χ4n) is 3.26. The maximum atomic E-state index is 12.7. The van der Waals surface area contributed by atoms with Crippen molar-refractivity contribution < 1.29 is 24.2 Å². The Bertz CT molecular complexity index is 1150. The minimum absolute atomic E-state index is 0. The SMILES string of the molecule is C.CC(C)(N)C(=O)N[C@H](COCc1ccccc1)c1nnc2ccc(COC(=O)NCCSCCO)cn12. The fraction of sp³-hybridized carbons (Fsp3) is 0.462. The quantitative estimate of drug-likeness (QED) is 0.223. The summed E-state index contributed by atoms with van der Waals surface area (Å²) >= 11 is 1.54. The molecule has 2 heterocycles. The van der Waals surface area contributed by atoms with Crippen LogP contribution in [0.3, 0.4) is 0 Å². The molecule has 38 heavy (non-hydrogen) atoms. The zero-order valence-electron chi connectivity index (χ0n) is 21.1. The highest BCUT2D eigenvalue weighted by Crippen LogP contribution is 2.17. The van der Waals surface area contributed by atoms with E-state index < -0.39 is 17.7 Å². The van der Waals surface area contributed by atoms with Gasteiger partial charge in [-0.2, -0.15) is 11.8 Å². The molecule has 12 heteroatoms. The molecular weight excluding hydrogens is 508 g/mol. The minimum atomic E-state index is -1.10. The van der Waals surface area contributed by atoms with Gasteiger partial charge >= 0.3 is 6.09 Å². The molecule has 1 aromatic carbocycles. The first-order chi connectivity index (χ1) is 17.8. The van der Waals surface area contributed by atoms with Crippen LogP contribution in [0.25, 0.3) is 5.65 Å². The van der Waals surface area contributed by atoms with Gasteiger partial charge in [-0.25, -0.2) is 4.79 Å². The predicted octanol–water partition coefficient (Wildman–Crippen LogP) is 2.43. The molecule has 0 saturated heterocycles. The van der Waals surface area contributed by atoms with Crippen molar-refractivity contribution in [3.8, 4) is 0 Å². The number of ether oxygens (including phenoxy) is 2. The van der Waals surface area contributed by atoms with Crippen LogP contribution in [0.15, 0.2) is 48.7 Å². The molecule has 0 aliphatic heterocycles. The topological polar surface area (TPSA) is 153 Å². The Hall–Kier alpha value is -3.19. The molecule has 0 bridgehead atoms. The number of nitrogens with zero attached hydrogens (tertiary/aromatic N) is 3. The highest BCUT2D eigenvalue weighted by Gasteiger charge is 2.28. The number of thioether (sulfide) groups is 1. The molecule has 0 radical (unpaired) electrons. The number of benzene rings is 1. The van der Waals surface area contributed by atoms with Gasteiger partial charge in [0.25, 0.3) is 0 Å². The molecule has 5 N–H and O–H groups in total. The summed E-state index contributed by atoms with van der Waals surface area (Å²) in [7, 11) is 0. The van der Waals surface area contributed by atoms with Gasteiger partial charge in [0.2, 0.25) is 5.91 Å². The number of hydrogen-bond acceptors (Lipinski definition) is 9. The van der Waals surface area contributed by atoms with E-state index in [9.17, 15) is 9.59 Å². The Morgan fingerprint density at radius 2 is 1.87 bits per heavy atom. The molecule has 0 spiro atoms. The van der Waals surface area contributed by atoms with Gasteiger partial charge < -0.3 is 30.9 Å². The molecule has 0 unspecified atom stereocenters. The number of aliphatic hydroxyl groups is 1. The lowest BCUT2D eigenvalue weighted by Gasteiger charge is -2.23. The first-order valence-corrected chi connectivity index (χ1v) is 13.1. The van der Waals surface area contributed by atoms with E-state index in [1.54, 1.807) is 48.3 Å². The van der Waals surface area contributed by atoms with Gasteiger partial charge in [0.15, 0.2) is 11.5 Å². The van der Waals surface area contributed by atoms with Crippen molar-refractivity contribution >= 4 is 29.4 Å². The van der Waals surface area contributed by atoms with Crippen molar-refractivity contribution in [1.29, 1.82) is 0 Å². The zero-order chi connectivity index (χ0) is 26.7. The third-order valence-corrected chi connectivity index (χ3v) is 6.17. The fourth-order valence-corrected chi connectivity index (χ4v) is 3.84. The lowest BCUT2D eigenvalue weighted by atomic mass is 10.1. The van der Waals surface area contributed by atoms with E-state index in [0.717, 1.165) is 5.56 Å². The molecule has 0 saturated carbocycles. The summed E-state index contributed by atoms with van der Waals surface area (Å²) < 4.78 is 13.0. The summed E-state index contributed by atoms with van der Waals surface area (Å²) in [5, 5.41) is 22.9. The molecule has 11 nitrogen and oxygen atoms in total. The van der Waals surface area contributed by atoms with Crippen molar-refractivity contribution in [3.63, 3.8) is 0 Å². The van der Waals surface area contributed by atoms with Crippen molar-refractivity contribution in [1.82, 2.24) is 25.2 Å². The zero-order valence-corrected chi connectivity index (χ0v) is 21.9. The van der Waals surface area contributed by atoms with Crippen molar-refractivity contribution in [2.24, 2.45) is 5.73 Å². The Morgan fingerprint density at radius 1 is 1.11 bits per heavy atom. The Morgan fingerprint density at radius 3 is 2.58 bits per heavy atom. The van der Waals surface area contributed by atoms with Crippen LogP contribution < -0.4 is 16.4 Å². The molecule has 2 aromatic heterocycles. The summed E-state index contributed by atoms with van der Waals surface area (Å²) in [5.74, 6) is 1.42. The normalized spacial score (nSPS) is 12.0. The van der Waals surface area contributed by atoms with E-state index in [0.29, 0.717) is 41.7 Å². The Balaban J connectivity index is 0.00000507. The summed E-state index contributed by atoms with van der Waals surface area (Å²) in [6, 6.07) is 12.6.